The van der Waals surface area contributed by atoms with Crippen LogP contribution in [-0.4, -0.2) is 41.4 Å². The van der Waals surface area contributed by atoms with Gasteiger partial charge in [0.1, 0.15) is 6.54 Å². The van der Waals surface area contributed by atoms with Crippen molar-refractivity contribution in [2.45, 2.75) is 19.0 Å². The zero-order valence-electron chi connectivity index (χ0n) is 14.9. The highest BCUT2D eigenvalue weighted by Crippen LogP contribution is 2.32. The zero-order valence-corrected chi connectivity index (χ0v) is 16.5. The van der Waals surface area contributed by atoms with E-state index >= 15 is 0 Å². The van der Waals surface area contributed by atoms with Crippen LogP contribution < -0.4 is 10.2 Å². The first-order valence-electron chi connectivity index (χ1n) is 8.61. The fourth-order valence-corrected chi connectivity index (χ4v) is 3.45. The molecule has 0 radical (unpaired) electrons. The normalized spacial score (nSPS) is 20.6. The lowest BCUT2D eigenvalue weighted by Crippen LogP contribution is -2.43. The van der Waals surface area contributed by atoms with Crippen LogP contribution in [0.3, 0.4) is 0 Å². The van der Waals surface area contributed by atoms with Crippen LogP contribution in [0.4, 0.5) is 11.4 Å². The van der Waals surface area contributed by atoms with E-state index in [9.17, 15) is 14.4 Å². The number of halogens is 1. The Hall–Kier alpha value is -3.07. The summed E-state index contributed by atoms with van der Waals surface area (Å²) < 4.78 is 0.838. The molecule has 0 saturated carbocycles. The van der Waals surface area contributed by atoms with E-state index in [1.807, 2.05) is 19.1 Å². The molecule has 4 rings (SSSR count). The Bertz CT molecular complexity index is 974. The fraction of sp³-hybridized carbons (Fsp3) is 0.211. The summed E-state index contributed by atoms with van der Waals surface area (Å²) in [7, 11) is 0. The van der Waals surface area contributed by atoms with Crippen LogP contribution in [0.5, 0.6) is 0 Å². The van der Waals surface area contributed by atoms with Gasteiger partial charge in [0.15, 0.2) is 12.1 Å². The van der Waals surface area contributed by atoms with E-state index in [-0.39, 0.29) is 12.5 Å². The van der Waals surface area contributed by atoms with Crippen LogP contribution in [0.1, 0.15) is 5.56 Å². The van der Waals surface area contributed by atoms with Gasteiger partial charge in [0, 0.05) is 10.2 Å². The van der Waals surface area contributed by atoms with Crippen LogP contribution in [0.2, 0.25) is 0 Å². The van der Waals surface area contributed by atoms with Gasteiger partial charge < -0.3 is 5.32 Å². The van der Waals surface area contributed by atoms with E-state index < -0.39 is 23.9 Å². The third-order valence-corrected chi connectivity index (χ3v) is 5.11. The van der Waals surface area contributed by atoms with Crippen LogP contribution in [-0.2, 0) is 14.4 Å². The molecule has 9 heteroatoms. The molecule has 0 spiro atoms. The average Bonchev–Trinajstić information content (AvgIpc) is 3.18. The van der Waals surface area contributed by atoms with E-state index in [4.69, 9.17) is 0 Å². The summed E-state index contributed by atoms with van der Waals surface area (Å²) in [5.74, 6) is -1.22. The molecule has 2 aromatic rings. The van der Waals surface area contributed by atoms with Gasteiger partial charge in [0.05, 0.1) is 5.69 Å². The molecule has 8 nitrogen and oxygen atoms in total. The lowest BCUT2D eigenvalue weighted by atomic mass is 10.1. The predicted molar refractivity (Wildman–Crippen MR) is 106 cm³/mol. The van der Waals surface area contributed by atoms with Crippen LogP contribution in [0.25, 0.3) is 0 Å². The van der Waals surface area contributed by atoms with E-state index in [0.717, 1.165) is 14.9 Å². The molecule has 2 heterocycles. The Kier molecular flexibility index (Phi) is 4.68. The lowest BCUT2D eigenvalue weighted by Gasteiger charge is -2.20. The summed E-state index contributed by atoms with van der Waals surface area (Å²) in [5, 5.41) is 11.8. The molecule has 3 amide bonds. The standard InChI is InChI=1S/C19H16BrN5O3/c1-11-2-6-13(7-3-11)21-15(26)10-24-17-16(22-23-24)18(27)25(19(17)28)14-8-4-12(20)5-9-14/h2-9,16-17H,10H2,1H3,(H,21,26)/t16-,17+/m1/s1. The molecular weight excluding hydrogens is 426 g/mol. The highest BCUT2D eigenvalue weighted by Gasteiger charge is 2.55. The molecule has 142 valence electrons. The molecule has 2 aromatic carbocycles. The first-order chi connectivity index (χ1) is 13.4. The third-order valence-electron chi connectivity index (χ3n) is 4.58. The van der Waals surface area contributed by atoms with Crippen molar-refractivity contribution in [2.24, 2.45) is 10.3 Å². The van der Waals surface area contributed by atoms with E-state index in [1.165, 1.54) is 5.01 Å². The topological polar surface area (TPSA) is 94.4 Å². The number of nitrogens with one attached hydrogen (secondary N) is 1. The Labute approximate surface area is 169 Å². The van der Waals surface area contributed by atoms with E-state index in [0.29, 0.717) is 11.4 Å². The average molecular weight is 442 g/mol. The highest BCUT2D eigenvalue weighted by atomic mass is 79.9. The second-order valence-corrected chi connectivity index (χ2v) is 7.51. The van der Waals surface area contributed by atoms with Crippen molar-refractivity contribution < 1.29 is 14.4 Å². The molecule has 1 fully saturated rings. The molecule has 0 bridgehead atoms. The molecule has 2 aliphatic heterocycles. The summed E-state index contributed by atoms with van der Waals surface area (Å²) in [6.45, 7) is 1.78. The molecule has 0 aliphatic carbocycles. The van der Waals surface area contributed by atoms with Crippen molar-refractivity contribution in [1.82, 2.24) is 5.01 Å². The quantitative estimate of drug-likeness (QED) is 0.737. The number of hydrogen-bond donors (Lipinski definition) is 1. The highest BCUT2D eigenvalue weighted by molar-refractivity contribution is 9.10. The van der Waals surface area contributed by atoms with Gasteiger partial charge in [-0.2, -0.15) is 5.11 Å². The van der Waals surface area contributed by atoms with Gasteiger partial charge in [-0.25, -0.2) is 4.90 Å². The van der Waals surface area contributed by atoms with Crippen molar-refractivity contribution in [3.63, 3.8) is 0 Å². The summed E-state index contributed by atoms with van der Waals surface area (Å²) in [6.07, 6.45) is 0. The molecule has 0 unspecified atom stereocenters. The first kappa shape index (κ1) is 18.3. The minimum Gasteiger partial charge on any atom is -0.324 e. The lowest BCUT2D eigenvalue weighted by molar-refractivity contribution is -0.123. The summed E-state index contributed by atoms with van der Waals surface area (Å²) in [4.78, 5) is 39.0. The van der Waals surface area contributed by atoms with Crippen molar-refractivity contribution in [3.05, 3.63) is 58.6 Å². The van der Waals surface area contributed by atoms with Gasteiger partial charge in [-0.3, -0.25) is 19.4 Å². The maximum absolute atomic E-state index is 12.9. The van der Waals surface area contributed by atoms with Crippen LogP contribution >= 0.6 is 15.9 Å². The number of carbonyl (C=O) groups is 3. The number of amides is 3. The number of fused-ring (bicyclic) bond motifs is 1. The van der Waals surface area contributed by atoms with Crippen molar-refractivity contribution >= 4 is 45.0 Å². The fourth-order valence-electron chi connectivity index (χ4n) is 3.18. The van der Waals surface area contributed by atoms with Crippen molar-refractivity contribution in [2.75, 3.05) is 16.8 Å². The second-order valence-electron chi connectivity index (χ2n) is 6.59. The number of aryl methyl sites for hydroxylation is 1. The number of rotatable bonds is 4. The Morgan fingerprint density at radius 2 is 1.75 bits per heavy atom. The van der Waals surface area contributed by atoms with Crippen molar-refractivity contribution in [1.29, 1.82) is 0 Å². The zero-order chi connectivity index (χ0) is 19.8. The molecule has 1 N–H and O–H groups in total. The largest absolute Gasteiger partial charge is 0.324 e. The number of imide groups is 1. The van der Waals surface area contributed by atoms with Gasteiger partial charge in [-0.15, -0.1) is 0 Å². The number of nitrogens with zero attached hydrogens (tertiary/aromatic N) is 4. The Balaban J connectivity index is 1.48. The summed E-state index contributed by atoms with van der Waals surface area (Å²) in [5.41, 5.74) is 2.19. The molecule has 2 aliphatic rings. The third kappa shape index (κ3) is 3.29. The molecule has 28 heavy (non-hydrogen) atoms. The molecular formula is C19H16BrN5O3. The predicted octanol–water partition coefficient (Wildman–Crippen LogP) is 2.69. The van der Waals surface area contributed by atoms with Gasteiger partial charge in [-0.1, -0.05) is 38.8 Å². The monoisotopic (exact) mass is 441 g/mol. The van der Waals surface area contributed by atoms with Crippen LogP contribution in [0.15, 0.2) is 63.3 Å². The summed E-state index contributed by atoms with van der Waals surface area (Å²) in [6, 6.07) is 12.4. The minimum atomic E-state index is -0.927. The molecule has 1 saturated heterocycles. The molecule has 2 atom stereocenters. The maximum Gasteiger partial charge on any atom is 0.263 e. The van der Waals surface area contributed by atoms with Gasteiger partial charge in [0.25, 0.3) is 11.8 Å². The van der Waals surface area contributed by atoms with Gasteiger partial charge in [-0.05, 0) is 43.3 Å². The molecule has 0 aromatic heterocycles. The number of hydrogen-bond acceptors (Lipinski definition) is 6. The number of anilines is 2. The Morgan fingerprint density at radius 1 is 1.07 bits per heavy atom. The van der Waals surface area contributed by atoms with Gasteiger partial charge in [0.2, 0.25) is 5.91 Å². The second kappa shape index (κ2) is 7.16. The first-order valence-corrected chi connectivity index (χ1v) is 9.40. The number of benzene rings is 2. The van der Waals surface area contributed by atoms with Crippen LogP contribution in [0, 0.1) is 6.92 Å². The SMILES string of the molecule is Cc1ccc(NC(=O)CN2N=N[C@H]3C(=O)N(c4ccc(Br)cc4)C(=O)[C@H]32)cc1. The minimum absolute atomic E-state index is 0.175. The Morgan fingerprint density at radius 3 is 2.43 bits per heavy atom. The van der Waals surface area contributed by atoms with E-state index in [2.05, 4.69) is 31.6 Å². The summed E-state index contributed by atoms with van der Waals surface area (Å²) >= 11 is 3.33. The van der Waals surface area contributed by atoms with E-state index in [1.54, 1.807) is 36.4 Å². The van der Waals surface area contributed by atoms with Gasteiger partial charge >= 0.3 is 0 Å². The number of carbonyl (C=O) groups excluding carboxylic acids is 3. The maximum atomic E-state index is 12.9. The smallest absolute Gasteiger partial charge is 0.263 e. The van der Waals surface area contributed by atoms with Crippen molar-refractivity contribution in [3.8, 4) is 0 Å².